The number of amides is 2. The molecule has 4 rings (SSSR count). The second-order valence-electron chi connectivity index (χ2n) is 9.29. The number of alkyl halides is 6. The molecule has 0 fully saturated rings. The lowest BCUT2D eigenvalue weighted by Gasteiger charge is -2.10. The van der Waals surface area contributed by atoms with E-state index in [0.717, 1.165) is 47.5 Å². The summed E-state index contributed by atoms with van der Waals surface area (Å²) >= 11 is 0.968. The van der Waals surface area contributed by atoms with E-state index in [2.05, 4.69) is 41.1 Å². The molecule has 43 heavy (non-hydrogen) atoms. The van der Waals surface area contributed by atoms with Gasteiger partial charge >= 0.3 is 6.18 Å². The van der Waals surface area contributed by atoms with E-state index < -0.39 is 35.6 Å². The van der Waals surface area contributed by atoms with Gasteiger partial charge in [0.25, 0.3) is 17.7 Å². The highest BCUT2D eigenvalue weighted by Crippen LogP contribution is 2.29. The van der Waals surface area contributed by atoms with E-state index in [1.54, 1.807) is 0 Å². The minimum atomic E-state index is -4.55. The Bertz CT molecular complexity index is 1550. The molecule has 0 aromatic carbocycles. The third kappa shape index (κ3) is 9.00. The van der Waals surface area contributed by atoms with E-state index in [0.29, 0.717) is 10.7 Å². The average Bonchev–Trinajstić information content (AvgIpc) is 3.63. The quantitative estimate of drug-likeness (QED) is 0.226. The molecule has 18 heteroatoms. The predicted octanol–water partition coefficient (Wildman–Crippen LogP) is 3.88. The lowest BCUT2D eigenvalue weighted by atomic mass is 10.1. The monoisotopic (exact) mass is 627 g/mol. The Morgan fingerprint density at radius 3 is 2.40 bits per heavy atom. The van der Waals surface area contributed by atoms with Crippen LogP contribution in [0.3, 0.4) is 0 Å². The van der Waals surface area contributed by atoms with Crippen LogP contribution in [0.5, 0.6) is 0 Å². The molecule has 1 unspecified atom stereocenters. The van der Waals surface area contributed by atoms with E-state index in [4.69, 9.17) is 0 Å². The van der Waals surface area contributed by atoms with Gasteiger partial charge in [-0.25, -0.2) is 17.9 Å². The van der Waals surface area contributed by atoms with Crippen LogP contribution in [-0.2, 0) is 38.2 Å². The molecule has 0 saturated heterocycles. The van der Waals surface area contributed by atoms with Gasteiger partial charge in [-0.2, -0.15) is 13.2 Å². The Morgan fingerprint density at radius 2 is 1.70 bits per heavy atom. The van der Waals surface area contributed by atoms with Gasteiger partial charge in [0.05, 0.1) is 42.8 Å². The van der Waals surface area contributed by atoms with E-state index in [-0.39, 0.29) is 54.4 Å². The van der Waals surface area contributed by atoms with Crippen molar-refractivity contribution in [1.82, 2.24) is 45.8 Å². The SMILES string of the molecule is CC(F)(F)c1ccc(CNC(=O)c2nnc(CCC(F)Cn3cc(C(=O)NCc4cc(C(F)(F)F)ccn4)nn3)s2)nc1. The molecule has 0 bridgehead atoms. The standard InChI is InChI=1S/C25H23F6N9O2S/c1-24(27,28)15-2-4-17(33-9-15)10-35-22(42)23-38-37-20(43-23)5-3-16(26)12-40-13-19(36-39-40)21(41)34-11-18-8-14(6-7-32-18)25(29,30)31/h2,4,6-9,13,16H,3,5,10-12H2,1H3,(H,34,41)(H,35,42). The molecule has 0 aliphatic rings. The maximum Gasteiger partial charge on any atom is 0.416 e. The molecule has 2 N–H and O–H groups in total. The summed E-state index contributed by atoms with van der Waals surface area (Å²) in [5.41, 5.74) is -0.946. The number of aromatic nitrogens is 7. The second kappa shape index (κ2) is 13.2. The summed E-state index contributed by atoms with van der Waals surface area (Å²) in [5.74, 6) is -4.30. The fourth-order valence-corrected chi connectivity index (χ4v) is 4.33. The topological polar surface area (TPSA) is 140 Å². The lowest BCUT2D eigenvalue weighted by Crippen LogP contribution is -2.24. The Hall–Kier alpha value is -4.48. The number of hydrogen-bond donors (Lipinski definition) is 2. The number of hydrogen-bond acceptors (Lipinski definition) is 9. The van der Waals surface area contributed by atoms with Gasteiger partial charge in [0.1, 0.15) is 11.2 Å². The largest absolute Gasteiger partial charge is 0.416 e. The number of carbonyl (C=O) groups is 2. The highest BCUT2D eigenvalue weighted by molar-refractivity contribution is 7.13. The number of carbonyl (C=O) groups excluding carboxylic acids is 2. The van der Waals surface area contributed by atoms with Crippen molar-refractivity contribution in [1.29, 1.82) is 0 Å². The van der Waals surface area contributed by atoms with Gasteiger partial charge in [-0.05, 0) is 30.7 Å². The van der Waals surface area contributed by atoms with Crippen molar-refractivity contribution < 1.29 is 35.9 Å². The number of aryl methyl sites for hydroxylation is 1. The third-order valence-electron chi connectivity index (χ3n) is 5.82. The Labute approximate surface area is 243 Å². The van der Waals surface area contributed by atoms with Crippen molar-refractivity contribution in [2.75, 3.05) is 0 Å². The smallest absolute Gasteiger partial charge is 0.345 e. The number of rotatable bonds is 12. The molecule has 4 aromatic rings. The van der Waals surface area contributed by atoms with Crippen LogP contribution in [0.15, 0.2) is 42.9 Å². The summed E-state index contributed by atoms with van der Waals surface area (Å²) in [4.78, 5) is 32.3. The van der Waals surface area contributed by atoms with Gasteiger partial charge in [-0.15, -0.1) is 15.3 Å². The summed E-state index contributed by atoms with van der Waals surface area (Å²) in [5, 5.41) is 20.5. The van der Waals surface area contributed by atoms with E-state index in [9.17, 15) is 35.9 Å². The summed E-state index contributed by atoms with van der Waals surface area (Å²) in [6.07, 6.45) is -2.59. The summed E-state index contributed by atoms with van der Waals surface area (Å²) < 4.78 is 80.8. The van der Waals surface area contributed by atoms with Crippen molar-refractivity contribution in [3.8, 4) is 0 Å². The molecule has 0 aliphatic carbocycles. The van der Waals surface area contributed by atoms with E-state index >= 15 is 0 Å². The summed E-state index contributed by atoms with van der Waals surface area (Å²) in [6.45, 7) is 0.215. The van der Waals surface area contributed by atoms with Crippen LogP contribution in [0.1, 0.15) is 61.2 Å². The zero-order valence-corrected chi connectivity index (χ0v) is 23.1. The van der Waals surface area contributed by atoms with Gasteiger partial charge < -0.3 is 10.6 Å². The molecule has 4 heterocycles. The van der Waals surface area contributed by atoms with Crippen LogP contribution in [0.25, 0.3) is 0 Å². The van der Waals surface area contributed by atoms with Crippen LogP contribution >= 0.6 is 11.3 Å². The van der Waals surface area contributed by atoms with E-state index in [1.807, 2.05) is 0 Å². The zero-order chi connectivity index (χ0) is 31.2. The van der Waals surface area contributed by atoms with Gasteiger partial charge in [0, 0.05) is 31.3 Å². The second-order valence-corrected chi connectivity index (χ2v) is 10.4. The van der Waals surface area contributed by atoms with Crippen molar-refractivity contribution >= 4 is 23.2 Å². The minimum absolute atomic E-state index is 0.00279. The number of nitrogens with one attached hydrogen (secondary N) is 2. The van der Waals surface area contributed by atoms with Gasteiger partial charge in [0.2, 0.25) is 5.01 Å². The van der Waals surface area contributed by atoms with Crippen LogP contribution in [0.4, 0.5) is 26.3 Å². The maximum absolute atomic E-state index is 14.6. The first-order valence-electron chi connectivity index (χ1n) is 12.6. The minimum Gasteiger partial charge on any atom is -0.345 e. The fourth-order valence-electron chi connectivity index (χ4n) is 3.56. The van der Waals surface area contributed by atoms with Crippen molar-refractivity contribution in [2.45, 2.75) is 57.7 Å². The molecular weight excluding hydrogens is 604 g/mol. The highest BCUT2D eigenvalue weighted by atomic mass is 32.1. The number of pyridine rings is 2. The lowest BCUT2D eigenvalue weighted by molar-refractivity contribution is -0.137. The molecule has 11 nitrogen and oxygen atoms in total. The summed E-state index contributed by atoms with van der Waals surface area (Å²) in [6, 6.07) is 4.23. The van der Waals surface area contributed by atoms with Gasteiger partial charge in [0.15, 0.2) is 5.69 Å². The Kier molecular flexibility index (Phi) is 9.67. The molecule has 1 atom stereocenters. The maximum atomic E-state index is 14.6. The van der Waals surface area contributed by atoms with Crippen molar-refractivity contribution in [3.63, 3.8) is 0 Å². The zero-order valence-electron chi connectivity index (χ0n) is 22.3. The van der Waals surface area contributed by atoms with Crippen LogP contribution in [0.2, 0.25) is 0 Å². The first-order valence-corrected chi connectivity index (χ1v) is 13.4. The molecule has 0 spiro atoms. The van der Waals surface area contributed by atoms with Crippen molar-refractivity contribution in [3.05, 3.63) is 81.1 Å². The fraction of sp³-hybridized carbons (Fsp3) is 0.360. The third-order valence-corrected chi connectivity index (χ3v) is 6.81. The van der Waals surface area contributed by atoms with Crippen LogP contribution in [-0.4, -0.2) is 53.1 Å². The molecule has 2 amide bonds. The normalized spacial score (nSPS) is 12.6. The molecule has 228 valence electrons. The molecule has 0 saturated carbocycles. The molecule has 0 aliphatic heterocycles. The molecule has 4 aromatic heterocycles. The molecular formula is C25H23F6N9O2S. The Morgan fingerprint density at radius 1 is 0.953 bits per heavy atom. The molecule has 0 radical (unpaired) electrons. The predicted molar refractivity (Wildman–Crippen MR) is 139 cm³/mol. The number of nitrogens with zero attached hydrogens (tertiary/aromatic N) is 7. The highest BCUT2D eigenvalue weighted by Gasteiger charge is 2.30. The van der Waals surface area contributed by atoms with Crippen molar-refractivity contribution in [2.24, 2.45) is 0 Å². The van der Waals surface area contributed by atoms with Gasteiger partial charge in [-0.3, -0.25) is 19.6 Å². The average molecular weight is 628 g/mol. The number of halogens is 6. The van der Waals surface area contributed by atoms with Gasteiger partial charge in [-0.1, -0.05) is 16.6 Å². The van der Waals surface area contributed by atoms with Crippen LogP contribution < -0.4 is 10.6 Å². The van der Waals surface area contributed by atoms with E-state index in [1.165, 1.54) is 18.3 Å². The first kappa shape index (κ1) is 31.5. The first-order chi connectivity index (χ1) is 20.3. The summed E-state index contributed by atoms with van der Waals surface area (Å²) in [7, 11) is 0. The van der Waals surface area contributed by atoms with Crippen LogP contribution in [0, 0.1) is 0 Å². The Balaban J connectivity index is 1.20.